The van der Waals surface area contributed by atoms with Crippen LogP contribution in [0, 0.1) is 0 Å². The fourth-order valence-corrected chi connectivity index (χ4v) is 2.06. The fraction of sp³-hybridized carbons (Fsp3) is 0.267. The monoisotopic (exact) mass is 438 g/mol. The van der Waals surface area contributed by atoms with Gasteiger partial charge in [0, 0.05) is 32.0 Å². The Morgan fingerprint density at radius 1 is 1.05 bits per heavy atom. The first-order valence-electron chi connectivity index (χ1n) is 5.91. The van der Waals surface area contributed by atoms with Crippen LogP contribution in [0.15, 0.2) is 42.5 Å². The van der Waals surface area contributed by atoms with Crippen molar-refractivity contribution in [3.05, 3.63) is 59.4 Å². The van der Waals surface area contributed by atoms with Crippen molar-refractivity contribution in [2.45, 2.75) is 25.9 Å². The van der Waals surface area contributed by atoms with E-state index in [1.807, 2.05) is 38.1 Å². The minimum atomic E-state index is -0.406. The predicted octanol–water partition coefficient (Wildman–Crippen LogP) is 2.60. The number of nitrogens with zero attached hydrogens (tertiary/aromatic N) is 1. The zero-order valence-electron chi connectivity index (χ0n) is 10.9. The van der Waals surface area contributed by atoms with E-state index in [1.165, 1.54) is 0 Å². The quantitative estimate of drug-likeness (QED) is 0.775. The van der Waals surface area contributed by atoms with E-state index >= 15 is 0 Å². The Hall–Kier alpha value is -1.18. The normalized spacial score (nSPS) is 10.9. The number of para-hydroxylation sites is 1. The molecule has 0 saturated heterocycles. The van der Waals surface area contributed by atoms with Gasteiger partial charge in [0.1, 0.15) is 5.75 Å². The van der Waals surface area contributed by atoms with E-state index in [4.69, 9.17) is 5.11 Å². The molecule has 2 aromatic rings. The van der Waals surface area contributed by atoms with Gasteiger partial charge < -0.3 is 10.2 Å². The maximum Gasteiger partial charge on any atom is 0.119 e. The van der Waals surface area contributed by atoms with E-state index in [1.54, 1.807) is 18.2 Å². The molecule has 0 atom stereocenters. The number of benzene rings is 1. The van der Waals surface area contributed by atoms with Crippen LogP contribution >= 0.6 is 0 Å². The number of phenols is 1. The molecule has 104 valence electrons. The molecule has 2 rings (SSSR count). The van der Waals surface area contributed by atoms with E-state index in [9.17, 15) is 5.11 Å². The number of hydrogen-bond acceptors (Lipinski definition) is 3. The number of aromatic nitrogens is 1. The van der Waals surface area contributed by atoms with Crippen LogP contribution in [0.3, 0.4) is 0 Å². The summed E-state index contributed by atoms with van der Waals surface area (Å²) >= 11 is 0. The Morgan fingerprint density at radius 2 is 1.74 bits per heavy atom. The number of pyridine rings is 1. The molecule has 0 spiro atoms. The van der Waals surface area contributed by atoms with E-state index in [2.05, 4.69) is 4.98 Å². The second-order valence-corrected chi connectivity index (χ2v) is 4.81. The summed E-state index contributed by atoms with van der Waals surface area (Å²) < 4.78 is 0. The van der Waals surface area contributed by atoms with E-state index in [0.29, 0.717) is 5.69 Å². The van der Waals surface area contributed by atoms with Crippen LogP contribution in [0.1, 0.15) is 30.8 Å². The van der Waals surface area contributed by atoms with Crippen LogP contribution < -0.4 is 0 Å². The van der Waals surface area contributed by atoms with Crippen LogP contribution in [-0.4, -0.2) is 15.2 Å². The smallest absolute Gasteiger partial charge is 0.119 e. The van der Waals surface area contributed by atoms with Gasteiger partial charge in [-0.1, -0.05) is 38.1 Å². The molecule has 0 aliphatic carbocycles. The van der Waals surface area contributed by atoms with Crippen molar-refractivity contribution in [1.82, 2.24) is 4.98 Å². The van der Waals surface area contributed by atoms with Crippen LogP contribution in [0.5, 0.6) is 5.75 Å². The van der Waals surface area contributed by atoms with Gasteiger partial charge in [-0.05, 0) is 18.2 Å². The summed E-state index contributed by atoms with van der Waals surface area (Å²) in [5.74, 6) is 0.263. The molecule has 0 bridgehead atoms. The molecule has 0 amide bonds. The number of hydrogen-bond donors (Lipinski definition) is 2. The minimum Gasteiger partial charge on any atom is -0.508 e. The molecule has 0 fully saturated rings. The average Bonchev–Trinajstić information content (AvgIpc) is 2.39. The first-order chi connectivity index (χ1) is 8.55. The van der Waals surface area contributed by atoms with Crippen molar-refractivity contribution >= 4 is 0 Å². The molecule has 0 aliphatic heterocycles. The van der Waals surface area contributed by atoms with Gasteiger partial charge in [-0.25, -0.2) is 0 Å². The van der Waals surface area contributed by atoms with Crippen LogP contribution in [-0.2, 0) is 33.1 Å². The third kappa shape index (κ3) is 3.23. The van der Waals surface area contributed by atoms with Crippen LogP contribution in [0.4, 0.5) is 0 Å². The van der Waals surface area contributed by atoms with Gasteiger partial charge in [0.25, 0.3) is 0 Å². The molecular weight excluding hydrogens is 421 g/mol. The Balaban J connectivity index is 0.00000180. The molecule has 19 heavy (non-hydrogen) atoms. The van der Waals surface area contributed by atoms with E-state index in [-0.39, 0.29) is 33.4 Å². The van der Waals surface area contributed by atoms with Gasteiger partial charge in [-0.2, -0.15) is 0 Å². The summed E-state index contributed by atoms with van der Waals surface area (Å²) in [6.45, 7) is 3.93. The second kappa shape index (κ2) is 6.31. The van der Waals surface area contributed by atoms with Crippen molar-refractivity contribution in [2.75, 3.05) is 0 Å². The van der Waals surface area contributed by atoms with Crippen molar-refractivity contribution in [2.24, 2.45) is 0 Å². The van der Waals surface area contributed by atoms with Crippen molar-refractivity contribution < 1.29 is 31.3 Å². The predicted molar refractivity (Wildman–Crippen MR) is 70.4 cm³/mol. The maximum absolute atomic E-state index is 9.96. The summed E-state index contributed by atoms with van der Waals surface area (Å²) in [6.07, 6.45) is 0. The molecule has 1 heterocycles. The second-order valence-electron chi connectivity index (χ2n) is 4.81. The molecule has 2 N–H and O–H groups in total. The third-order valence-electron chi connectivity index (χ3n) is 3.19. The summed E-state index contributed by atoms with van der Waals surface area (Å²) in [4.78, 5) is 4.42. The standard InChI is InChI=1S/C15H17NO2.Pt/c1-15(2,12-7-3-4-8-13(12)18)14-9-5-6-11(10-17)16-14;/h3-9,17-18H,10H2,1-2H3;. The summed E-state index contributed by atoms with van der Waals surface area (Å²) in [5.41, 5.74) is 1.88. The van der Waals surface area contributed by atoms with Crippen LogP contribution in [0.2, 0.25) is 0 Å². The molecule has 1 aromatic heterocycles. The Labute approximate surface area is 127 Å². The largest absolute Gasteiger partial charge is 0.508 e. The van der Waals surface area contributed by atoms with E-state index < -0.39 is 5.41 Å². The Bertz CT molecular complexity index is 555. The first-order valence-corrected chi connectivity index (χ1v) is 5.91. The number of aliphatic hydroxyl groups excluding tert-OH is 1. The Kier molecular flexibility index (Phi) is 5.27. The van der Waals surface area contributed by atoms with Gasteiger partial charge in [-0.15, -0.1) is 0 Å². The SMILES string of the molecule is CC(C)(c1cccc(CO)n1)c1ccccc1O.[Pt]. The topological polar surface area (TPSA) is 53.4 Å². The zero-order chi connectivity index (χ0) is 13.2. The minimum absolute atomic E-state index is 0. The molecule has 0 unspecified atom stereocenters. The van der Waals surface area contributed by atoms with Gasteiger partial charge in [0.05, 0.1) is 18.0 Å². The summed E-state index contributed by atoms with van der Waals surface area (Å²) in [6, 6.07) is 12.8. The van der Waals surface area contributed by atoms with Gasteiger partial charge in [0.15, 0.2) is 0 Å². The maximum atomic E-state index is 9.96. The van der Waals surface area contributed by atoms with Gasteiger partial charge in [-0.3, -0.25) is 4.98 Å². The van der Waals surface area contributed by atoms with Gasteiger partial charge >= 0.3 is 0 Å². The molecule has 0 aliphatic rings. The average molecular weight is 438 g/mol. The number of aromatic hydroxyl groups is 1. The zero-order valence-corrected chi connectivity index (χ0v) is 13.2. The van der Waals surface area contributed by atoms with Crippen molar-refractivity contribution in [3.63, 3.8) is 0 Å². The molecule has 0 radical (unpaired) electrons. The number of phenolic OH excluding ortho intramolecular Hbond substituents is 1. The molecule has 3 nitrogen and oxygen atoms in total. The van der Waals surface area contributed by atoms with Crippen LogP contribution in [0.25, 0.3) is 0 Å². The van der Waals surface area contributed by atoms with Crippen molar-refractivity contribution in [3.8, 4) is 5.75 Å². The van der Waals surface area contributed by atoms with Gasteiger partial charge in [0.2, 0.25) is 0 Å². The van der Waals surface area contributed by atoms with Crippen molar-refractivity contribution in [1.29, 1.82) is 0 Å². The number of aliphatic hydroxyl groups is 1. The first kappa shape index (κ1) is 15.9. The molecule has 1 aromatic carbocycles. The van der Waals surface area contributed by atoms with E-state index in [0.717, 1.165) is 11.3 Å². The Morgan fingerprint density at radius 3 is 2.37 bits per heavy atom. The summed E-state index contributed by atoms with van der Waals surface area (Å²) in [5, 5.41) is 19.1. The fourth-order valence-electron chi connectivity index (χ4n) is 2.06. The number of rotatable bonds is 3. The molecule has 0 saturated carbocycles. The summed E-state index contributed by atoms with van der Waals surface area (Å²) in [7, 11) is 0. The molecule has 4 heteroatoms. The third-order valence-corrected chi connectivity index (χ3v) is 3.19. The molecular formula is C15H17NO2Pt.